The molecule has 0 fully saturated rings. The quantitative estimate of drug-likeness (QED) is 0.539. The summed E-state index contributed by atoms with van der Waals surface area (Å²) in [6.45, 7) is 4.80. The van der Waals surface area contributed by atoms with Crippen LogP contribution in [0.5, 0.6) is 5.75 Å². The molecule has 1 aromatic carbocycles. The van der Waals surface area contributed by atoms with Gasteiger partial charge in [-0.1, -0.05) is 6.07 Å². The lowest BCUT2D eigenvalue weighted by atomic mass is 10.1. The van der Waals surface area contributed by atoms with Crippen molar-refractivity contribution in [2.45, 2.75) is 39.5 Å². The van der Waals surface area contributed by atoms with E-state index in [4.69, 9.17) is 14.7 Å². The van der Waals surface area contributed by atoms with Gasteiger partial charge in [0, 0.05) is 6.42 Å². The Hall–Kier alpha value is -2.02. The van der Waals surface area contributed by atoms with Gasteiger partial charge in [-0.15, -0.1) is 0 Å². The zero-order chi connectivity index (χ0) is 14.8. The highest BCUT2D eigenvalue weighted by Crippen LogP contribution is 2.19. The lowest BCUT2D eigenvalue weighted by molar-refractivity contribution is -0.143. The van der Waals surface area contributed by atoms with Crippen molar-refractivity contribution in [2.24, 2.45) is 0 Å². The number of hydrogen-bond acceptors (Lipinski definition) is 4. The molecule has 4 nitrogen and oxygen atoms in total. The number of hydrogen-bond donors (Lipinski definition) is 0. The zero-order valence-corrected chi connectivity index (χ0v) is 12.1. The number of aryl methyl sites for hydroxylation is 1. The summed E-state index contributed by atoms with van der Waals surface area (Å²) in [4.78, 5) is 11.1. The van der Waals surface area contributed by atoms with Crippen molar-refractivity contribution < 1.29 is 14.3 Å². The molecule has 1 rings (SSSR count). The molecule has 0 radical (unpaired) electrons. The van der Waals surface area contributed by atoms with E-state index >= 15 is 0 Å². The van der Waals surface area contributed by atoms with Crippen molar-refractivity contribution in [3.8, 4) is 11.8 Å². The molecule has 0 unspecified atom stereocenters. The molecular formula is C16H21NO3. The molecule has 4 heteroatoms. The highest BCUT2D eigenvalue weighted by atomic mass is 16.5. The normalized spacial score (nSPS) is 9.85. The van der Waals surface area contributed by atoms with Crippen LogP contribution in [0.25, 0.3) is 0 Å². The first-order chi connectivity index (χ1) is 9.67. The predicted molar refractivity (Wildman–Crippen MR) is 76.5 cm³/mol. The maximum absolute atomic E-state index is 11.1. The number of nitrogens with zero attached hydrogens (tertiary/aromatic N) is 1. The van der Waals surface area contributed by atoms with Gasteiger partial charge in [0.1, 0.15) is 5.75 Å². The van der Waals surface area contributed by atoms with Gasteiger partial charge in [-0.3, -0.25) is 4.79 Å². The van der Waals surface area contributed by atoms with Gasteiger partial charge in [0.15, 0.2) is 0 Å². The van der Waals surface area contributed by atoms with Crippen LogP contribution in [-0.4, -0.2) is 19.2 Å². The van der Waals surface area contributed by atoms with E-state index < -0.39 is 0 Å². The van der Waals surface area contributed by atoms with Crippen molar-refractivity contribution in [1.29, 1.82) is 5.26 Å². The van der Waals surface area contributed by atoms with Crippen LogP contribution in [-0.2, 0) is 9.53 Å². The predicted octanol–water partition coefficient (Wildman–Crippen LogP) is 3.37. The van der Waals surface area contributed by atoms with E-state index in [-0.39, 0.29) is 5.97 Å². The Balaban J connectivity index is 2.22. The first-order valence-corrected chi connectivity index (χ1v) is 6.96. The molecule has 108 valence electrons. The van der Waals surface area contributed by atoms with E-state index in [1.54, 1.807) is 12.1 Å². The van der Waals surface area contributed by atoms with Crippen LogP contribution in [0.1, 0.15) is 43.7 Å². The van der Waals surface area contributed by atoms with E-state index in [1.165, 1.54) is 0 Å². The molecule has 0 atom stereocenters. The summed E-state index contributed by atoms with van der Waals surface area (Å²) < 4.78 is 10.5. The Morgan fingerprint density at radius 2 is 2.10 bits per heavy atom. The molecule has 0 heterocycles. The molecule has 0 aliphatic heterocycles. The summed E-state index contributed by atoms with van der Waals surface area (Å²) in [5.41, 5.74) is 1.63. The number of carbonyl (C=O) groups is 1. The number of carbonyl (C=O) groups excluding carboxylic acids is 1. The lowest BCUT2D eigenvalue weighted by Gasteiger charge is -2.09. The van der Waals surface area contributed by atoms with Crippen LogP contribution >= 0.6 is 0 Å². The van der Waals surface area contributed by atoms with Crippen molar-refractivity contribution >= 4 is 5.97 Å². The molecule has 0 saturated carbocycles. The van der Waals surface area contributed by atoms with E-state index in [2.05, 4.69) is 6.07 Å². The lowest BCUT2D eigenvalue weighted by Crippen LogP contribution is -2.04. The van der Waals surface area contributed by atoms with Gasteiger partial charge in [0.25, 0.3) is 0 Å². The molecule has 0 aliphatic carbocycles. The van der Waals surface area contributed by atoms with Gasteiger partial charge >= 0.3 is 5.97 Å². The van der Waals surface area contributed by atoms with Crippen LogP contribution in [0.15, 0.2) is 18.2 Å². The van der Waals surface area contributed by atoms with Crippen molar-refractivity contribution in [2.75, 3.05) is 13.2 Å². The minimum Gasteiger partial charge on any atom is -0.493 e. The maximum Gasteiger partial charge on any atom is 0.305 e. The fourth-order valence-corrected chi connectivity index (χ4v) is 1.79. The van der Waals surface area contributed by atoms with Crippen LogP contribution in [0.2, 0.25) is 0 Å². The number of ether oxygens (including phenoxy) is 2. The fourth-order valence-electron chi connectivity index (χ4n) is 1.79. The molecular weight excluding hydrogens is 254 g/mol. The molecule has 0 N–H and O–H groups in total. The molecule has 20 heavy (non-hydrogen) atoms. The Kier molecular flexibility index (Phi) is 7.20. The Morgan fingerprint density at radius 3 is 2.80 bits per heavy atom. The van der Waals surface area contributed by atoms with Crippen LogP contribution in [0, 0.1) is 18.3 Å². The largest absolute Gasteiger partial charge is 0.493 e. The second kappa shape index (κ2) is 8.98. The van der Waals surface area contributed by atoms with Gasteiger partial charge in [0.2, 0.25) is 0 Å². The zero-order valence-electron chi connectivity index (χ0n) is 12.1. The smallest absolute Gasteiger partial charge is 0.305 e. The fraction of sp³-hybridized carbons (Fsp3) is 0.500. The summed E-state index contributed by atoms with van der Waals surface area (Å²) in [5.74, 6) is 0.625. The monoisotopic (exact) mass is 275 g/mol. The average Bonchev–Trinajstić information content (AvgIpc) is 2.44. The van der Waals surface area contributed by atoms with E-state index in [9.17, 15) is 4.79 Å². The van der Waals surface area contributed by atoms with Crippen LogP contribution < -0.4 is 4.74 Å². The van der Waals surface area contributed by atoms with Gasteiger partial charge in [-0.2, -0.15) is 5.26 Å². The number of benzene rings is 1. The summed E-state index contributed by atoms with van der Waals surface area (Å²) in [5, 5.41) is 8.84. The first-order valence-electron chi connectivity index (χ1n) is 6.96. The minimum absolute atomic E-state index is 0.133. The van der Waals surface area contributed by atoms with Crippen molar-refractivity contribution in [3.05, 3.63) is 29.3 Å². The Bertz CT molecular complexity index is 477. The highest BCUT2D eigenvalue weighted by molar-refractivity contribution is 5.69. The van der Waals surface area contributed by atoms with Crippen LogP contribution in [0.3, 0.4) is 0 Å². The van der Waals surface area contributed by atoms with Crippen LogP contribution in [0.4, 0.5) is 0 Å². The third kappa shape index (κ3) is 5.75. The van der Waals surface area contributed by atoms with Gasteiger partial charge < -0.3 is 9.47 Å². The van der Waals surface area contributed by atoms with Gasteiger partial charge in [-0.05, 0) is 50.8 Å². The summed E-state index contributed by atoms with van der Waals surface area (Å²) in [7, 11) is 0. The number of esters is 1. The van der Waals surface area contributed by atoms with Crippen molar-refractivity contribution in [1.82, 2.24) is 0 Å². The molecule has 0 bridgehead atoms. The summed E-state index contributed by atoms with van der Waals surface area (Å²) >= 11 is 0. The number of nitriles is 1. The Morgan fingerprint density at radius 1 is 1.30 bits per heavy atom. The number of rotatable bonds is 8. The minimum atomic E-state index is -0.133. The van der Waals surface area contributed by atoms with Crippen molar-refractivity contribution in [3.63, 3.8) is 0 Å². The van der Waals surface area contributed by atoms with E-state index in [1.807, 2.05) is 19.9 Å². The molecule has 0 aliphatic rings. The topological polar surface area (TPSA) is 59.3 Å². The van der Waals surface area contributed by atoms with E-state index in [0.29, 0.717) is 25.2 Å². The highest BCUT2D eigenvalue weighted by Gasteiger charge is 2.03. The second-order valence-corrected chi connectivity index (χ2v) is 4.56. The van der Waals surface area contributed by atoms with E-state index in [0.717, 1.165) is 30.6 Å². The first kappa shape index (κ1) is 16.0. The standard InChI is InChI=1S/C16H21NO3/c1-3-19-16(18)7-5-4-6-10-20-15-11-14(12-17)9-8-13(15)2/h8-9,11H,3-7,10H2,1-2H3. The van der Waals surface area contributed by atoms with Gasteiger partial charge in [-0.25, -0.2) is 0 Å². The molecule has 0 aromatic heterocycles. The summed E-state index contributed by atoms with van der Waals surface area (Å²) in [6.07, 6.45) is 3.10. The molecule has 0 spiro atoms. The third-order valence-electron chi connectivity index (χ3n) is 2.91. The SMILES string of the molecule is CCOC(=O)CCCCCOc1cc(C#N)ccc1C. The average molecular weight is 275 g/mol. The number of unbranched alkanes of at least 4 members (excludes halogenated alkanes) is 2. The molecule has 0 saturated heterocycles. The van der Waals surface area contributed by atoms with Gasteiger partial charge in [0.05, 0.1) is 24.8 Å². The maximum atomic E-state index is 11.1. The second-order valence-electron chi connectivity index (χ2n) is 4.56. The third-order valence-corrected chi connectivity index (χ3v) is 2.91. The molecule has 1 aromatic rings. The summed E-state index contributed by atoms with van der Waals surface area (Å²) in [6, 6.07) is 7.52. The Labute approximate surface area is 120 Å². The molecule has 0 amide bonds.